The first-order valence-corrected chi connectivity index (χ1v) is 3.24. The molecule has 0 aliphatic rings. The zero-order chi connectivity index (χ0) is 7.84. The van der Waals surface area contributed by atoms with Gasteiger partial charge in [0.1, 0.15) is 0 Å². The van der Waals surface area contributed by atoms with Crippen molar-refractivity contribution in [1.82, 2.24) is 19.9 Å². The van der Waals surface area contributed by atoms with E-state index in [9.17, 15) is 4.79 Å². The van der Waals surface area contributed by atoms with Crippen molar-refractivity contribution in [3.8, 4) is 0 Å². The summed E-state index contributed by atoms with van der Waals surface area (Å²) < 4.78 is 0. The fourth-order valence-corrected chi connectivity index (χ4v) is 0.982. The van der Waals surface area contributed by atoms with Crippen molar-refractivity contribution < 1.29 is 0 Å². The number of halogens is 2. The van der Waals surface area contributed by atoms with Gasteiger partial charge in [0.2, 0.25) is 5.28 Å². The van der Waals surface area contributed by atoms with Gasteiger partial charge in [-0.3, -0.25) is 9.78 Å². The molecule has 0 atom stereocenters. The highest BCUT2D eigenvalue weighted by atomic mass is 35.5. The quantitative estimate of drug-likeness (QED) is 0.625. The predicted molar refractivity (Wildman–Crippen MR) is 46.8 cm³/mol. The Morgan fingerprint density at radius 2 is 2.25 bits per heavy atom. The van der Waals surface area contributed by atoms with Gasteiger partial charge in [0, 0.05) is 0 Å². The highest BCUT2D eigenvalue weighted by molar-refractivity contribution is 6.28. The van der Waals surface area contributed by atoms with Crippen LogP contribution in [0.1, 0.15) is 0 Å². The Morgan fingerprint density at radius 3 is 3.00 bits per heavy atom. The lowest BCUT2D eigenvalue weighted by Gasteiger charge is -1.87. The van der Waals surface area contributed by atoms with Crippen molar-refractivity contribution in [3.05, 3.63) is 22.0 Å². The van der Waals surface area contributed by atoms with Crippen molar-refractivity contribution in [3.63, 3.8) is 0 Å². The normalized spacial score (nSPS) is 9.75. The SMILES string of the molecule is Cl.O=c1[nH]c(Cl)nc2nc[nH]c12. The predicted octanol–water partition coefficient (Wildman–Crippen LogP) is 0.721. The zero-order valence-corrected chi connectivity index (χ0v) is 7.24. The molecule has 0 saturated heterocycles. The second-order valence-electron chi connectivity index (χ2n) is 1.96. The Balaban J connectivity index is 0.000000720. The van der Waals surface area contributed by atoms with Crippen molar-refractivity contribution in [1.29, 1.82) is 0 Å². The second-order valence-corrected chi connectivity index (χ2v) is 2.32. The fourth-order valence-electron chi connectivity index (χ4n) is 0.816. The van der Waals surface area contributed by atoms with Gasteiger partial charge in [0.15, 0.2) is 11.2 Å². The number of aromatic nitrogens is 4. The number of hydrogen-bond acceptors (Lipinski definition) is 3. The molecule has 64 valence electrons. The molecule has 7 heteroatoms. The van der Waals surface area contributed by atoms with Crippen LogP contribution >= 0.6 is 24.0 Å². The Labute approximate surface area is 77.6 Å². The van der Waals surface area contributed by atoms with Gasteiger partial charge in [-0.2, -0.15) is 4.98 Å². The van der Waals surface area contributed by atoms with Crippen LogP contribution in [0.25, 0.3) is 11.2 Å². The van der Waals surface area contributed by atoms with Gasteiger partial charge in [-0.25, -0.2) is 4.98 Å². The van der Waals surface area contributed by atoms with E-state index in [0.717, 1.165) is 0 Å². The van der Waals surface area contributed by atoms with Gasteiger partial charge in [0.05, 0.1) is 6.33 Å². The summed E-state index contributed by atoms with van der Waals surface area (Å²) in [4.78, 5) is 23.5. The molecule has 12 heavy (non-hydrogen) atoms. The van der Waals surface area contributed by atoms with Gasteiger partial charge in [-0.15, -0.1) is 12.4 Å². The summed E-state index contributed by atoms with van der Waals surface area (Å²) >= 11 is 5.46. The van der Waals surface area contributed by atoms with Crippen LogP contribution in [0.2, 0.25) is 5.28 Å². The Bertz CT molecular complexity index is 448. The maximum Gasteiger partial charge on any atom is 0.277 e. The van der Waals surface area contributed by atoms with Crippen LogP contribution in [0, 0.1) is 0 Å². The van der Waals surface area contributed by atoms with E-state index in [-0.39, 0.29) is 23.2 Å². The summed E-state index contributed by atoms with van der Waals surface area (Å²) in [6, 6.07) is 0. The largest absolute Gasteiger partial charge is 0.339 e. The van der Waals surface area contributed by atoms with Crippen molar-refractivity contribution in [2.75, 3.05) is 0 Å². The summed E-state index contributed by atoms with van der Waals surface area (Å²) in [5.41, 5.74) is 0.366. The van der Waals surface area contributed by atoms with E-state index < -0.39 is 0 Å². The van der Waals surface area contributed by atoms with E-state index in [1.807, 2.05) is 0 Å². The lowest BCUT2D eigenvalue weighted by atomic mass is 10.6. The van der Waals surface area contributed by atoms with E-state index in [2.05, 4.69) is 19.9 Å². The molecule has 0 radical (unpaired) electrons. The first kappa shape index (κ1) is 9.02. The minimum Gasteiger partial charge on any atom is -0.339 e. The highest BCUT2D eigenvalue weighted by Gasteiger charge is 2.02. The van der Waals surface area contributed by atoms with Crippen LogP contribution in [-0.4, -0.2) is 19.9 Å². The maximum absolute atomic E-state index is 11.0. The standard InChI is InChI=1S/C5H3ClN4O.ClH/c6-5-9-3-2(4(11)10-5)7-1-8-3;/h1H,(H2,7,8,9,10,11);1H. The van der Waals surface area contributed by atoms with Crippen LogP contribution in [0.4, 0.5) is 0 Å². The zero-order valence-electron chi connectivity index (χ0n) is 5.67. The number of imidazole rings is 1. The van der Waals surface area contributed by atoms with Gasteiger partial charge in [-0.05, 0) is 11.6 Å². The molecule has 2 rings (SSSR count). The van der Waals surface area contributed by atoms with Gasteiger partial charge >= 0.3 is 0 Å². The molecular formula is C5H4Cl2N4O. The van der Waals surface area contributed by atoms with Crippen molar-refractivity contribution >= 4 is 35.2 Å². The molecule has 0 saturated carbocycles. The fraction of sp³-hybridized carbons (Fsp3) is 0. The summed E-state index contributed by atoms with van der Waals surface area (Å²) in [6.07, 6.45) is 1.39. The number of nitrogens with one attached hydrogen (secondary N) is 2. The Kier molecular flexibility index (Phi) is 2.35. The monoisotopic (exact) mass is 206 g/mol. The van der Waals surface area contributed by atoms with Gasteiger partial charge < -0.3 is 4.98 Å². The molecule has 5 nitrogen and oxygen atoms in total. The number of nitrogens with zero attached hydrogens (tertiary/aromatic N) is 2. The molecule has 0 aliphatic heterocycles. The topological polar surface area (TPSA) is 74.4 Å². The summed E-state index contributed by atoms with van der Waals surface area (Å²) in [5.74, 6) is 0. The Morgan fingerprint density at radius 1 is 1.50 bits per heavy atom. The summed E-state index contributed by atoms with van der Waals surface area (Å²) in [6.45, 7) is 0. The van der Waals surface area contributed by atoms with E-state index in [1.54, 1.807) is 0 Å². The van der Waals surface area contributed by atoms with E-state index in [0.29, 0.717) is 11.2 Å². The summed E-state index contributed by atoms with van der Waals surface area (Å²) in [5, 5.41) is 0.0506. The maximum atomic E-state index is 11.0. The lowest BCUT2D eigenvalue weighted by Crippen LogP contribution is -2.07. The van der Waals surface area contributed by atoms with E-state index in [4.69, 9.17) is 11.6 Å². The molecule has 0 aliphatic carbocycles. The molecule has 2 aromatic rings. The average molecular weight is 207 g/mol. The molecule has 2 N–H and O–H groups in total. The second kappa shape index (κ2) is 3.12. The van der Waals surface area contributed by atoms with Gasteiger partial charge in [-0.1, -0.05) is 0 Å². The van der Waals surface area contributed by atoms with Gasteiger partial charge in [0.25, 0.3) is 5.56 Å². The molecule has 2 heterocycles. The van der Waals surface area contributed by atoms with Crippen LogP contribution in [0.5, 0.6) is 0 Å². The van der Waals surface area contributed by atoms with Crippen molar-refractivity contribution in [2.45, 2.75) is 0 Å². The number of aromatic amines is 2. The van der Waals surface area contributed by atoms with Crippen LogP contribution in [-0.2, 0) is 0 Å². The molecule has 0 unspecified atom stereocenters. The molecule has 0 bridgehead atoms. The number of hydrogen-bond donors (Lipinski definition) is 2. The molecule has 2 aromatic heterocycles. The molecule has 0 fully saturated rings. The van der Waals surface area contributed by atoms with E-state index >= 15 is 0 Å². The first-order chi connectivity index (χ1) is 5.27. The highest BCUT2D eigenvalue weighted by Crippen LogP contribution is 2.02. The smallest absolute Gasteiger partial charge is 0.277 e. The van der Waals surface area contributed by atoms with Crippen LogP contribution in [0.3, 0.4) is 0 Å². The third kappa shape index (κ3) is 1.28. The van der Waals surface area contributed by atoms with E-state index in [1.165, 1.54) is 6.33 Å². The average Bonchev–Trinajstić information content (AvgIpc) is 2.34. The summed E-state index contributed by atoms with van der Waals surface area (Å²) in [7, 11) is 0. The molecular weight excluding hydrogens is 203 g/mol. The third-order valence-corrected chi connectivity index (χ3v) is 1.45. The first-order valence-electron chi connectivity index (χ1n) is 2.86. The third-order valence-electron chi connectivity index (χ3n) is 1.27. The molecule has 0 amide bonds. The molecule has 0 spiro atoms. The minimum absolute atomic E-state index is 0. The molecule has 0 aromatic carbocycles. The number of rotatable bonds is 0. The van der Waals surface area contributed by atoms with Crippen molar-refractivity contribution in [2.24, 2.45) is 0 Å². The number of fused-ring (bicyclic) bond motifs is 1. The minimum atomic E-state index is -0.308. The van der Waals surface area contributed by atoms with Crippen LogP contribution in [0.15, 0.2) is 11.1 Å². The lowest BCUT2D eigenvalue weighted by molar-refractivity contribution is 1.15. The number of H-pyrrole nitrogens is 2. The Hall–Kier alpha value is -1.07. The van der Waals surface area contributed by atoms with Crippen LogP contribution < -0.4 is 5.56 Å².